The van der Waals surface area contributed by atoms with Crippen molar-refractivity contribution >= 4 is 11.7 Å². The van der Waals surface area contributed by atoms with Crippen molar-refractivity contribution in [2.24, 2.45) is 0 Å². The third-order valence-electron chi connectivity index (χ3n) is 4.31. The molecule has 4 aromatic rings. The Morgan fingerprint density at radius 2 is 1.69 bits per heavy atom. The molecule has 0 aliphatic carbocycles. The molecule has 2 amide bonds. The fourth-order valence-electron chi connectivity index (χ4n) is 2.85. The van der Waals surface area contributed by atoms with Gasteiger partial charge in [-0.25, -0.2) is 4.79 Å². The third-order valence-corrected chi connectivity index (χ3v) is 4.31. The molecule has 0 unspecified atom stereocenters. The number of hydrogen-bond acceptors (Lipinski definition) is 5. The maximum absolute atomic E-state index is 12.3. The zero-order valence-corrected chi connectivity index (χ0v) is 15.6. The number of anilines is 1. The van der Waals surface area contributed by atoms with Crippen molar-refractivity contribution in [2.75, 3.05) is 5.32 Å². The van der Waals surface area contributed by atoms with Crippen LogP contribution in [0.25, 0.3) is 11.4 Å². The predicted octanol–water partition coefficient (Wildman–Crippen LogP) is 4.04. The Bertz CT molecular complexity index is 1080. The number of urea groups is 1. The van der Waals surface area contributed by atoms with E-state index in [1.165, 1.54) is 0 Å². The highest BCUT2D eigenvalue weighted by Crippen LogP contribution is 2.20. The van der Waals surface area contributed by atoms with Gasteiger partial charge in [-0.2, -0.15) is 4.98 Å². The van der Waals surface area contributed by atoms with Crippen LogP contribution >= 0.6 is 0 Å². The van der Waals surface area contributed by atoms with E-state index in [9.17, 15) is 4.79 Å². The number of amides is 2. The standard InChI is InChI=1S/C22H19N5O2/c28-22(24-15-16-6-2-1-3-7-16)25-19-9-5-4-8-18(19)14-20-26-21(27-29-20)17-10-12-23-13-11-17/h1-13H,14-15H2,(H2,24,25,28). The van der Waals surface area contributed by atoms with E-state index in [0.29, 0.717) is 30.4 Å². The molecule has 0 radical (unpaired) electrons. The average molecular weight is 385 g/mol. The summed E-state index contributed by atoms with van der Waals surface area (Å²) in [5.41, 5.74) is 3.45. The maximum atomic E-state index is 12.3. The monoisotopic (exact) mass is 385 g/mol. The van der Waals surface area contributed by atoms with Crippen LogP contribution in [0.2, 0.25) is 0 Å². The molecule has 0 aliphatic rings. The molecule has 0 aliphatic heterocycles. The van der Waals surface area contributed by atoms with Crippen LogP contribution in [0.4, 0.5) is 10.5 Å². The maximum Gasteiger partial charge on any atom is 0.319 e. The smallest absolute Gasteiger partial charge is 0.319 e. The van der Waals surface area contributed by atoms with Gasteiger partial charge in [-0.15, -0.1) is 0 Å². The fourth-order valence-corrected chi connectivity index (χ4v) is 2.85. The summed E-state index contributed by atoms with van der Waals surface area (Å²) in [5, 5.41) is 9.77. The van der Waals surface area contributed by atoms with E-state index in [0.717, 1.165) is 16.7 Å². The molecular formula is C22H19N5O2. The second-order valence-electron chi connectivity index (χ2n) is 6.37. The van der Waals surface area contributed by atoms with Gasteiger partial charge in [0, 0.05) is 30.2 Å². The van der Waals surface area contributed by atoms with Gasteiger partial charge in [-0.05, 0) is 29.3 Å². The Morgan fingerprint density at radius 1 is 0.931 bits per heavy atom. The zero-order valence-electron chi connectivity index (χ0n) is 15.6. The van der Waals surface area contributed by atoms with Gasteiger partial charge in [-0.3, -0.25) is 4.98 Å². The van der Waals surface area contributed by atoms with E-state index in [2.05, 4.69) is 25.8 Å². The van der Waals surface area contributed by atoms with Crippen molar-refractivity contribution in [1.29, 1.82) is 0 Å². The number of carbonyl (C=O) groups excluding carboxylic acids is 1. The third kappa shape index (κ3) is 4.84. The number of rotatable bonds is 6. The van der Waals surface area contributed by atoms with Crippen molar-refractivity contribution in [1.82, 2.24) is 20.4 Å². The summed E-state index contributed by atoms with van der Waals surface area (Å²) in [6.45, 7) is 0.452. The molecule has 2 aromatic heterocycles. The Kier molecular flexibility index (Phi) is 5.57. The van der Waals surface area contributed by atoms with E-state index in [-0.39, 0.29) is 6.03 Å². The van der Waals surface area contributed by atoms with Crippen molar-refractivity contribution in [3.8, 4) is 11.4 Å². The number of aromatic nitrogens is 3. The van der Waals surface area contributed by atoms with Gasteiger partial charge in [0.1, 0.15) is 0 Å². The van der Waals surface area contributed by atoms with Gasteiger partial charge in [0.2, 0.25) is 11.7 Å². The molecule has 2 N–H and O–H groups in total. The number of nitrogens with zero attached hydrogens (tertiary/aromatic N) is 3. The normalized spacial score (nSPS) is 10.5. The van der Waals surface area contributed by atoms with Gasteiger partial charge in [0.05, 0.1) is 6.42 Å². The minimum atomic E-state index is -0.274. The molecule has 7 heteroatoms. The van der Waals surface area contributed by atoms with E-state index >= 15 is 0 Å². The first-order valence-corrected chi connectivity index (χ1v) is 9.17. The lowest BCUT2D eigenvalue weighted by Crippen LogP contribution is -2.28. The van der Waals surface area contributed by atoms with Crippen LogP contribution in [-0.2, 0) is 13.0 Å². The summed E-state index contributed by atoms with van der Waals surface area (Å²) >= 11 is 0. The molecule has 2 aromatic carbocycles. The molecular weight excluding hydrogens is 366 g/mol. The predicted molar refractivity (Wildman–Crippen MR) is 109 cm³/mol. The van der Waals surface area contributed by atoms with E-state index in [1.54, 1.807) is 12.4 Å². The molecule has 144 valence electrons. The average Bonchev–Trinajstić information content (AvgIpc) is 3.24. The van der Waals surface area contributed by atoms with Gasteiger partial charge >= 0.3 is 6.03 Å². The highest BCUT2D eigenvalue weighted by molar-refractivity contribution is 5.90. The lowest BCUT2D eigenvalue weighted by Gasteiger charge is -2.11. The van der Waals surface area contributed by atoms with Crippen molar-refractivity contribution in [2.45, 2.75) is 13.0 Å². The van der Waals surface area contributed by atoms with Crippen LogP contribution in [0.5, 0.6) is 0 Å². The number of carbonyl (C=O) groups is 1. The van der Waals surface area contributed by atoms with Crippen LogP contribution < -0.4 is 10.6 Å². The summed E-state index contributed by atoms with van der Waals surface area (Å²) in [7, 11) is 0. The van der Waals surface area contributed by atoms with E-state index in [4.69, 9.17) is 4.52 Å². The Hall–Kier alpha value is -4.00. The number of pyridine rings is 1. The summed E-state index contributed by atoms with van der Waals surface area (Å²) < 4.78 is 5.38. The van der Waals surface area contributed by atoms with Gasteiger partial charge in [0.25, 0.3) is 0 Å². The minimum Gasteiger partial charge on any atom is -0.339 e. The Labute approximate surface area is 167 Å². The highest BCUT2D eigenvalue weighted by Gasteiger charge is 2.12. The highest BCUT2D eigenvalue weighted by atomic mass is 16.5. The number of benzene rings is 2. The molecule has 0 saturated heterocycles. The summed E-state index contributed by atoms with van der Waals surface area (Å²) in [6.07, 6.45) is 3.77. The molecule has 2 heterocycles. The summed E-state index contributed by atoms with van der Waals surface area (Å²) in [5.74, 6) is 0.976. The largest absolute Gasteiger partial charge is 0.339 e. The molecule has 4 rings (SSSR count). The van der Waals surface area contributed by atoms with Crippen LogP contribution in [0.1, 0.15) is 17.0 Å². The first-order valence-electron chi connectivity index (χ1n) is 9.17. The van der Waals surface area contributed by atoms with Gasteiger partial charge in [0.15, 0.2) is 0 Å². The quantitative estimate of drug-likeness (QED) is 0.522. The van der Waals surface area contributed by atoms with Gasteiger partial charge in [-0.1, -0.05) is 53.7 Å². The molecule has 0 atom stereocenters. The number of para-hydroxylation sites is 1. The second-order valence-corrected chi connectivity index (χ2v) is 6.37. The Morgan fingerprint density at radius 3 is 2.52 bits per heavy atom. The van der Waals surface area contributed by atoms with Crippen molar-refractivity contribution in [3.05, 3.63) is 96.1 Å². The van der Waals surface area contributed by atoms with E-state index in [1.807, 2.05) is 66.7 Å². The molecule has 0 spiro atoms. The first kappa shape index (κ1) is 18.4. The topological polar surface area (TPSA) is 92.9 Å². The van der Waals surface area contributed by atoms with Crippen LogP contribution in [0.3, 0.4) is 0 Å². The SMILES string of the molecule is O=C(NCc1ccccc1)Nc1ccccc1Cc1nc(-c2ccncc2)no1. The van der Waals surface area contributed by atoms with Crippen LogP contribution in [-0.4, -0.2) is 21.2 Å². The molecule has 0 saturated carbocycles. The second kappa shape index (κ2) is 8.79. The lowest BCUT2D eigenvalue weighted by molar-refractivity contribution is 0.251. The molecule has 0 fully saturated rings. The molecule has 0 bridgehead atoms. The summed E-state index contributed by atoms with van der Waals surface area (Å²) in [4.78, 5) is 20.7. The summed E-state index contributed by atoms with van der Waals surface area (Å²) in [6, 6.07) is 20.7. The number of nitrogens with one attached hydrogen (secondary N) is 2. The van der Waals surface area contributed by atoms with Crippen LogP contribution in [0.15, 0.2) is 83.6 Å². The number of hydrogen-bond donors (Lipinski definition) is 2. The van der Waals surface area contributed by atoms with Crippen LogP contribution in [0, 0.1) is 0 Å². The zero-order chi connectivity index (χ0) is 19.9. The first-order chi connectivity index (χ1) is 14.3. The molecule has 7 nitrogen and oxygen atoms in total. The van der Waals surface area contributed by atoms with Crippen molar-refractivity contribution < 1.29 is 9.32 Å². The molecule has 29 heavy (non-hydrogen) atoms. The van der Waals surface area contributed by atoms with Crippen molar-refractivity contribution in [3.63, 3.8) is 0 Å². The Balaban J connectivity index is 1.42. The minimum absolute atomic E-state index is 0.274. The van der Waals surface area contributed by atoms with Gasteiger partial charge < -0.3 is 15.2 Å². The lowest BCUT2D eigenvalue weighted by atomic mass is 10.1. The van der Waals surface area contributed by atoms with E-state index < -0.39 is 0 Å². The fraction of sp³-hybridized carbons (Fsp3) is 0.0909.